The SMILES string of the molecule is COc1ccc(CNC(=O)CC[C@@H]2CNC(=O)[C@@H]3C[C@H](NCc4cccc(Cl)c4)CN23)cc1. The van der Waals surface area contributed by atoms with Gasteiger partial charge in [-0.2, -0.15) is 0 Å². The summed E-state index contributed by atoms with van der Waals surface area (Å²) in [5.74, 6) is 0.904. The van der Waals surface area contributed by atoms with Crippen LogP contribution >= 0.6 is 11.6 Å². The summed E-state index contributed by atoms with van der Waals surface area (Å²) >= 11 is 6.08. The molecule has 0 spiro atoms. The van der Waals surface area contributed by atoms with Crippen LogP contribution in [0.25, 0.3) is 0 Å². The van der Waals surface area contributed by atoms with Gasteiger partial charge in [-0.05, 0) is 48.2 Å². The molecule has 2 saturated heterocycles. The van der Waals surface area contributed by atoms with Gasteiger partial charge < -0.3 is 20.7 Å². The number of carbonyl (C=O) groups is 2. The molecule has 3 atom stereocenters. The van der Waals surface area contributed by atoms with Gasteiger partial charge in [-0.25, -0.2) is 0 Å². The maximum atomic E-state index is 12.4. The average molecular weight is 471 g/mol. The van der Waals surface area contributed by atoms with Crippen LogP contribution in [0.1, 0.15) is 30.4 Å². The van der Waals surface area contributed by atoms with Crippen molar-refractivity contribution in [2.24, 2.45) is 0 Å². The zero-order valence-electron chi connectivity index (χ0n) is 18.9. The summed E-state index contributed by atoms with van der Waals surface area (Å²) in [6.07, 6.45) is 1.92. The van der Waals surface area contributed by atoms with Crippen molar-refractivity contribution < 1.29 is 14.3 Å². The molecule has 176 valence electrons. The van der Waals surface area contributed by atoms with E-state index in [1.54, 1.807) is 7.11 Å². The van der Waals surface area contributed by atoms with Gasteiger partial charge in [0.2, 0.25) is 11.8 Å². The van der Waals surface area contributed by atoms with E-state index in [0.717, 1.165) is 34.9 Å². The Hall–Kier alpha value is -2.61. The van der Waals surface area contributed by atoms with Crippen molar-refractivity contribution in [3.05, 3.63) is 64.7 Å². The molecular weight excluding hydrogens is 440 g/mol. The van der Waals surface area contributed by atoms with Crippen LogP contribution < -0.4 is 20.7 Å². The second kappa shape index (κ2) is 11.0. The molecule has 0 saturated carbocycles. The molecule has 0 aromatic heterocycles. The van der Waals surface area contributed by atoms with E-state index in [1.165, 1.54) is 0 Å². The highest BCUT2D eigenvalue weighted by Gasteiger charge is 2.43. The Morgan fingerprint density at radius 2 is 2.00 bits per heavy atom. The van der Waals surface area contributed by atoms with Crippen molar-refractivity contribution in [1.29, 1.82) is 0 Å². The molecule has 7 nitrogen and oxygen atoms in total. The van der Waals surface area contributed by atoms with E-state index in [1.807, 2.05) is 48.5 Å². The number of rotatable bonds is 9. The molecule has 33 heavy (non-hydrogen) atoms. The third-order valence-electron chi connectivity index (χ3n) is 6.46. The molecule has 8 heteroatoms. The second-order valence-corrected chi connectivity index (χ2v) is 9.15. The molecule has 0 unspecified atom stereocenters. The lowest BCUT2D eigenvalue weighted by Crippen LogP contribution is -2.58. The highest BCUT2D eigenvalue weighted by molar-refractivity contribution is 6.30. The third kappa shape index (κ3) is 6.25. The van der Waals surface area contributed by atoms with Crippen LogP contribution in [0.2, 0.25) is 5.02 Å². The van der Waals surface area contributed by atoms with Gasteiger partial charge in [0.05, 0.1) is 13.2 Å². The summed E-state index contributed by atoms with van der Waals surface area (Å²) in [5.41, 5.74) is 2.16. The Labute approximate surface area is 199 Å². The molecule has 2 amide bonds. The lowest BCUT2D eigenvalue weighted by molar-refractivity contribution is -0.129. The number of hydrogen-bond acceptors (Lipinski definition) is 5. The number of methoxy groups -OCH3 is 1. The number of carbonyl (C=O) groups excluding carboxylic acids is 2. The number of hydrogen-bond donors (Lipinski definition) is 3. The number of nitrogens with zero attached hydrogens (tertiary/aromatic N) is 1. The van der Waals surface area contributed by atoms with Crippen molar-refractivity contribution in [2.75, 3.05) is 20.2 Å². The van der Waals surface area contributed by atoms with E-state index in [9.17, 15) is 9.59 Å². The smallest absolute Gasteiger partial charge is 0.237 e. The van der Waals surface area contributed by atoms with Crippen LogP contribution in [0.5, 0.6) is 5.75 Å². The van der Waals surface area contributed by atoms with Gasteiger partial charge in [0, 0.05) is 49.7 Å². The maximum Gasteiger partial charge on any atom is 0.237 e. The highest BCUT2D eigenvalue weighted by atomic mass is 35.5. The van der Waals surface area contributed by atoms with Crippen molar-refractivity contribution in [3.8, 4) is 5.75 Å². The van der Waals surface area contributed by atoms with Gasteiger partial charge in [0.15, 0.2) is 0 Å². The van der Waals surface area contributed by atoms with E-state index in [-0.39, 0.29) is 29.9 Å². The fourth-order valence-corrected chi connectivity index (χ4v) is 4.84. The Bertz CT molecular complexity index is 968. The standard InChI is InChI=1S/C25H31ClN4O3/c1-33-22-8-5-17(6-9-22)13-28-24(31)10-7-21-15-29-25(32)23-12-20(16-30(21)23)27-14-18-3-2-4-19(26)11-18/h2-6,8-9,11,20-21,23,27H,7,10,12-16H2,1H3,(H,28,31)(H,29,32)/t20-,21+,23-/m0/s1. The molecule has 0 aliphatic carbocycles. The van der Waals surface area contributed by atoms with E-state index < -0.39 is 0 Å². The Balaban J connectivity index is 1.24. The Morgan fingerprint density at radius 1 is 1.18 bits per heavy atom. The predicted octanol–water partition coefficient (Wildman–Crippen LogP) is 2.48. The second-order valence-electron chi connectivity index (χ2n) is 8.72. The van der Waals surface area contributed by atoms with Crippen molar-refractivity contribution in [1.82, 2.24) is 20.9 Å². The van der Waals surface area contributed by atoms with E-state index in [4.69, 9.17) is 16.3 Å². The molecule has 2 fully saturated rings. The first-order valence-corrected chi connectivity index (χ1v) is 11.8. The summed E-state index contributed by atoms with van der Waals surface area (Å²) in [6.45, 7) is 2.59. The predicted molar refractivity (Wildman–Crippen MR) is 128 cm³/mol. The van der Waals surface area contributed by atoms with Crippen LogP contribution in [-0.2, 0) is 22.7 Å². The van der Waals surface area contributed by atoms with E-state index in [2.05, 4.69) is 20.9 Å². The first-order valence-electron chi connectivity index (χ1n) is 11.4. The number of halogens is 1. The minimum atomic E-state index is -0.136. The van der Waals surface area contributed by atoms with Gasteiger partial charge in [-0.3, -0.25) is 14.5 Å². The fraction of sp³-hybridized carbons (Fsp3) is 0.440. The molecular formula is C25H31ClN4O3. The highest BCUT2D eigenvalue weighted by Crippen LogP contribution is 2.26. The first kappa shape index (κ1) is 23.5. The Morgan fingerprint density at radius 3 is 2.76 bits per heavy atom. The largest absolute Gasteiger partial charge is 0.497 e. The molecule has 4 rings (SSSR count). The summed E-state index contributed by atoms with van der Waals surface area (Å²) in [6, 6.07) is 15.7. The fourth-order valence-electron chi connectivity index (χ4n) is 4.63. The number of ether oxygens (including phenoxy) is 1. The monoisotopic (exact) mass is 470 g/mol. The molecule has 0 bridgehead atoms. The normalized spacial score (nSPS) is 22.5. The lowest BCUT2D eigenvalue weighted by Gasteiger charge is -2.37. The zero-order chi connectivity index (χ0) is 23.2. The lowest BCUT2D eigenvalue weighted by atomic mass is 10.0. The van der Waals surface area contributed by atoms with Gasteiger partial charge in [-0.1, -0.05) is 35.9 Å². The number of amides is 2. The summed E-state index contributed by atoms with van der Waals surface area (Å²) in [4.78, 5) is 27.1. The topological polar surface area (TPSA) is 82.7 Å². The molecule has 2 aromatic rings. The maximum absolute atomic E-state index is 12.4. The summed E-state index contributed by atoms with van der Waals surface area (Å²) < 4.78 is 5.16. The van der Waals surface area contributed by atoms with Gasteiger partial charge in [0.25, 0.3) is 0 Å². The molecule has 2 aliphatic rings. The van der Waals surface area contributed by atoms with Crippen LogP contribution in [0.4, 0.5) is 0 Å². The molecule has 2 heterocycles. The number of nitrogens with one attached hydrogen (secondary N) is 3. The minimum absolute atomic E-state index is 0.0223. The minimum Gasteiger partial charge on any atom is -0.497 e. The molecule has 2 aliphatic heterocycles. The molecule has 0 radical (unpaired) electrons. The Kier molecular flexibility index (Phi) is 7.85. The summed E-state index contributed by atoms with van der Waals surface area (Å²) in [5, 5.41) is 10.3. The van der Waals surface area contributed by atoms with Gasteiger partial charge in [-0.15, -0.1) is 0 Å². The number of benzene rings is 2. The summed E-state index contributed by atoms with van der Waals surface area (Å²) in [7, 11) is 1.63. The number of piperazine rings is 1. The van der Waals surface area contributed by atoms with Crippen LogP contribution in [0.3, 0.4) is 0 Å². The molecule has 2 aromatic carbocycles. The first-order chi connectivity index (χ1) is 16.0. The van der Waals surface area contributed by atoms with Crippen molar-refractivity contribution in [2.45, 2.75) is 50.5 Å². The van der Waals surface area contributed by atoms with Crippen LogP contribution in [-0.4, -0.2) is 55.0 Å². The number of fused-ring (bicyclic) bond motifs is 1. The van der Waals surface area contributed by atoms with Crippen LogP contribution in [0.15, 0.2) is 48.5 Å². The average Bonchev–Trinajstić information content (AvgIpc) is 3.27. The third-order valence-corrected chi connectivity index (χ3v) is 6.70. The van der Waals surface area contributed by atoms with E-state index >= 15 is 0 Å². The van der Waals surface area contributed by atoms with Gasteiger partial charge >= 0.3 is 0 Å². The molecule has 3 N–H and O–H groups in total. The van der Waals surface area contributed by atoms with Crippen molar-refractivity contribution >= 4 is 23.4 Å². The quantitative estimate of drug-likeness (QED) is 0.524. The van der Waals surface area contributed by atoms with Crippen molar-refractivity contribution in [3.63, 3.8) is 0 Å². The van der Waals surface area contributed by atoms with Crippen LogP contribution in [0, 0.1) is 0 Å². The van der Waals surface area contributed by atoms with E-state index in [0.29, 0.717) is 32.5 Å². The van der Waals surface area contributed by atoms with Gasteiger partial charge in [0.1, 0.15) is 5.75 Å². The zero-order valence-corrected chi connectivity index (χ0v) is 19.6.